The molecule has 2 aromatic rings. The molecule has 5 atom stereocenters. The lowest BCUT2D eigenvalue weighted by Crippen LogP contribution is -2.55. The van der Waals surface area contributed by atoms with Gasteiger partial charge in [-0.15, -0.1) is 0 Å². The molecule has 1 saturated carbocycles. The number of hydrogen-bond acceptors (Lipinski definition) is 9. The van der Waals surface area contributed by atoms with Crippen LogP contribution in [0.25, 0.3) is 0 Å². The summed E-state index contributed by atoms with van der Waals surface area (Å²) < 4.78 is 42.2. The van der Waals surface area contributed by atoms with Gasteiger partial charge in [0.05, 0.1) is 30.6 Å². The zero-order chi connectivity index (χ0) is 33.2. The smallest absolute Gasteiger partial charge is 0.264 e. The van der Waals surface area contributed by atoms with E-state index in [4.69, 9.17) is 21.1 Å². The third kappa shape index (κ3) is 7.32. The van der Waals surface area contributed by atoms with E-state index in [0.29, 0.717) is 42.8 Å². The zero-order valence-corrected chi connectivity index (χ0v) is 29.1. The maximum Gasteiger partial charge on any atom is 0.264 e. The summed E-state index contributed by atoms with van der Waals surface area (Å²) in [5.74, 6) is 0.307. The number of aryl methyl sites for hydroxylation is 1. The SMILES string of the molecule is CO[C@]1(CN2CCN=N2)/C=C/C[C@H](C)[C@@H](C)S(=O)(=O)NC(=O)c2ccc3c(c2)N(CCCCc2cc(Cl)ccc2CO3)C[C@@H]2CCC21. The van der Waals surface area contributed by atoms with E-state index in [1.54, 1.807) is 32.2 Å². The number of hydrogen-bond donors (Lipinski definition) is 1. The monoisotopic (exact) mass is 683 g/mol. The summed E-state index contributed by atoms with van der Waals surface area (Å²) in [6.07, 6.45) is 9.55. The minimum atomic E-state index is -3.95. The summed E-state index contributed by atoms with van der Waals surface area (Å²) in [6.45, 7) is 7.40. The lowest BCUT2D eigenvalue weighted by molar-refractivity contribution is -0.0901. The molecule has 0 aromatic heterocycles. The number of amides is 1. The molecule has 12 heteroatoms. The summed E-state index contributed by atoms with van der Waals surface area (Å²) in [6, 6.07) is 11.2. The third-order valence-electron chi connectivity index (χ3n) is 10.6. The molecular weight excluding hydrogens is 638 g/mol. The van der Waals surface area contributed by atoms with Crippen molar-refractivity contribution in [1.29, 1.82) is 0 Å². The number of rotatable bonds is 3. The number of nitrogens with one attached hydrogen (secondary N) is 1. The first kappa shape index (κ1) is 33.7. The fourth-order valence-electron chi connectivity index (χ4n) is 7.37. The number of carbonyl (C=O) groups is 1. The Bertz CT molecular complexity index is 1630. The highest BCUT2D eigenvalue weighted by atomic mass is 35.5. The first-order valence-electron chi connectivity index (χ1n) is 16.8. The summed E-state index contributed by atoms with van der Waals surface area (Å²) in [7, 11) is -2.19. The molecule has 2 bridgehead atoms. The van der Waals surface area contributed by atoms with Crippen LogP contribution in [0.2, 0.25) is 5.02 Å². The minimum Gasteiger partial charge on any atom is -0.487 e. The molecule has 1 N–H and O–H groups in total. The van der Waals surface area contributed by atoms with Crippen LogP contribution in [-0.2, 0) is 27.8 Å². The van der Waals surface area contributed by atoms with Crippen molar-refractivity contribution >= 4 is 33.2 Å². The summed E-state index contributed by atoms with van der Waals surface area (Å²) in [4.78, 5) is 15.8. The molecule has 1 unspecified atom stereocenters. The Labute approximate surface area is 283 Å². The van der Waals surface area contributed by atoms with Crippen molar-refractivity contribution < 1.29 is 22.7 Å². The number of fused-ring (bicyclic) bond motifs is 3. The average Bonchev–Trinajstić information content (AvgIpc) is 3.54. The van der Waals surface area contributed by atoms with E-state index in [2.05, 4.69) is 32.1 Å². The Morgan fingerprint density at radius 3 is 2.70 bits per heavy atom. The predicted octanol–water partition coefficient (Wildman–Crippen LogP) is 6.20. The molecule has 1 amide bonds. The first-order valence-corrected chi connectivity index (χ1v) is 18.7. The normalized spacial score (nSPS) is 30.2. The Morgan fingerprint density at radius 1 is 1.11 bits per heavy atom. The lowest BCUT2D eigenvalue weighted by Gasteiger charge is -2.50. The Hall–Kier alpha value is -3.15. The molecule has 0 saturated heterocycles. The van der Waals surface area contributed by atoms with Gasteiger partial charge in [0.1, 0.15) is 18.0 Å². The molecule has 1 aliphatic carbocycles. The van der Waals surface area contributed by atoms with Gasteiger partial charge in [0, 0.05) is 30.8 Å². The number of anilines is 1. The van der Waals surface area contributed by atoms with Gasteiger partial charge >= 0.3 is 0 Å². The number of carbonyl (C=O) groups excluding carboxylic acids is 1. The van der Waals surface area contributed by atoms with Gasteiger partial charge in [-0.1, -0.05) is 42.0 Å². The number of benzene rings is 2. The molecule has 2 aromatic carbocycles. The van der Waals surface area contributed by atoms with Gasteiger partial charge in [-0.05, 0) is 105 Å². The van der Waals surface area contributed by atoms with Crippen LogP contribution in [0.3, 0.4) is 0 Å². The van der Waals surface area contributed by atoms with Crippen LogP contribution in [0.5, 0.6) is 5.75 Å². The van der Waals surface area contributed by atoms with Crippen molar-refractivity contribution in [1.82, 2.24) is 9.73 Å². The molecule has 254 valence electrons. The highest BCUT2D eigenvalue weighted by Gasteiger charge is 2.48. The standard InChI is InChI=1S/C35H46ClN5O5S/c1-24-7-6-15-35(45-3,23-41-18-16-37-39-41)31-13-10-28(31)21-40-17-5-4-8-26-19-30(36)12-9-29(26)22-46-33-14-11-27(20-32(33)40)34(42)38-47(43,44)25(24)2/h6,9,11-12,14-15,19-20,24-25,28,31H,4-5,7-8,10,13,16-18,21-23H2,1-3H3,(H,38,42)/b15-6+/t24-,25+,28-,31?,35-/m0/s1. The number of halogens is 1. The predicted molar refractivity (Wildman–Crippen MR) is 183 cm³/mol. The van der Waals surface area contributed by atoms with E-state index in [0.717, 1.165) is 63.0 Å². The molecule has 3 heterocycles. The molecule has 0 radical (unpaired) electrons. The van der Waals surface area contributed by atoms with Gasteiger partial charge < -0.3 is 14.4 Å². The van der Waals surface area contributed by atoms with Crippen molar-refractivity contribution in [3.63, 3.8) is 0 Å². The third-order valence-corrected chi connectivity index (χ3v) is 12.8. The Morgan fingerprint density at radius 2 is 1.96 bits per heavy atom. The first-order chi connectivity index (χ1) is 22.6. The Balaban J connectivity index is 1.41. The number of sulfonamides is 1. The van der Waals surface area contributed by atoms with Crippen molar-refractivity contribution in [2.45, 2.75) is 69.8 Å². The fourth-order valence-corrected chi connectivity index (χ4v) is 8.85. The summed E-state index contributed by atoms with van der Waals surface area (Å²) in [5, 5.41) is 10.5. The maximum atomic E-state index is 13.5. The van der Waals surface area contributed by atoms with E-state index in [1.165, 1.54) is 5.56 Å². The van der Waals surface area contributed by atoms with Crippen LogP contribution in [0.1, 0.15) is 67.4 Å². The van der Waals surface area contributed by atoms with Crippen molar-refractivity contribution in [3.05, 3.63) is 70.3 Å². The van der Waals surface area contributed by atoms with E-state index >= 15 is 0 Å². The molecule has 6 rings (SSSR count). The summed E-state index contributed by atoms with van der Waals surface area (Å²) in [5.41, 5.74) is 2.71. The molecule has 10 nitrogen and oxygen atoms in total. The zero-order valence-electron chi connectivity index (χ0n) is 27.5. The number of ether oxygens (including phenoxy) is 2. The molecule has 1 fully saturated rings. The largest absolute Gasteiger partial charge is 0.487 e. The highest BCUT2D eigenvalue weighted by Crippen LogP contribution is 2.47. The van der Waals surface area contributed by atoms with Crippen LogP contribution in [0.15, 0.2) is 58.9 Å². The topological polar surface area (TPSA) is 113 Å². The van der Waals surface area contributed by atoms with Gasteiger partial charge in [-0.2, -0.15) is 5.11 Å². The number of methoxy groups -OCH3 is 1. The lowest BCUT2D eigenvalue weighted by atomic mass is 9.64. The van der Waals surface area contributed by atoms with Gasteiger partial charge in [0.2, 0.25) is 10.0 Å². The van der Waals surface area contributed by atoms with Gasteiger partial charge in [0.25, 0.3) is 5.91 Å². The van der Waals surface area contributed by atoms with E-state index in [-0.39, 0.29) is 17.4 Å². The van der Waals surface area contributed by atoms with Crippen molar-refractivity contribution in [2.24, 2.45) is 28.1 Å². The van der Waals surface area contributed by atoms with Crippen LogP contribution in [0.4, 0.5) is 5.69 Å². The summed E-state index contributed by atoms with van der Waals surface area (Å²) >= 11 is 6.36. The molecular formula is C35H46ClN5O5S. The van der Waals surface area contributed by atoms with Gasteiger partial charge in [-0.3, -0.25) is 9.80 Å². The van der Waals surface area contributed by atoms with Crippen LogP contribution < -0.4 is 14.4 Å². The van der Waals surface area contributed by atoms with Crippen LogP contribution in [0, 0.1) is 17.8 Å². The second-order valence-corrected chi connectivity index (χ2v) is 16.0. The van der Waals surface area contributed by atoms with E-state index < -0.39 is 26.8 Å². The fraction of sp³-hybridized carbons (Fsp3) is 0.571. The Kier molecular flexibility index (Phi) is 10.2. The van der Waals surface area contributed by atoms with Crippen LogP contribution in [-0.4, -0.2) is 70.0 Å². The molecule has 3 aliphatic heterocycles. The molecule has 47 heavy (non-hydrogen) atoms. The second kappa shape index (κ2) is 14.1. The second-order valence-electron chi connectivity index (χ2n) is 13.5. The quantitative estimate of drug-likeness (QED) is 0.384. The molecule has 4 aliphatic rings. The average molecular weight is 684 g/mol. The van der Waals surface area contributed by atoms with Crippen LogP contribution >= 0.6 is 11.6 Å². The molecule has 0 spiro atoms. The highest BCUT2D eigenvalue weighted by molar-refractivity contribution is 7.90. The van der Waals surface area contributed by atoms with Gasteiger partial charge in [0.15, 0.2) is 0 Å². The minimum absolute atomic E-state index is 0.212. The van der Waals surface area contributed by atoms with Crippen molar-refractivity contribution in [2.75, 3.05) is 44.7 Å². The number of allylic oxidation sites excluding steroid dienone is 1. The van der Waals surface area contributed by atoms with Gasteiger partial charge in [-0.25, -0.2) is 13.1 Å². The maximum absolute atomic E-state index is 13.5. The van der Waals surface area contributed by atoms with Crippen molar-refractivity contribution in [3.8, 4) is 5.75 Å². The number of nitrogens with zero attached hydrogens (tertiary/aromatic N) is 4. The van der Waals surface area contributed by atoms with E-state index in [1.807, 2.05) is 30.1 Å². The van der Waals surface area contributed by atoms with E-state index in [9.17, 15) is 13.2 Å².